The van der Waals surface area contributed by atoms with E-state index in [-0.39, 0.29) is 19.4 Å². The lowest BCUT2D eigenvalue weighted by Crippen LogP contribution is -2.61. The topological polar surface area (TPSA) is 175 Å². The third kappa shape index (κ3) is 48.0. The molecule has 0 spiro atoms. The minimum atomic E-state index is -1.63. The molecule has 0 aliphatic carbocycles. The number of allylic oxidation sites excluding steroid dienone is 17. The molecule has 0 aromatic heterocycles. The quantitative estimate of drug-likeness (QED) is 0.0149. The molecule has 8 atom stereocenters. The predicted molar refractivity (Wildman–Crippen MR) is 356 cm³/mol. The van der Waals surface area contributed by atoms with Crippen LogP contribution in [-0.4, -0.2) is 99.6 Å². The van der Waals surface area contributed by atoms with Crippen LogP contribution in [0.5, 0.6) is 0 Å². The molecule has 11 nitrogen and oxygen atoms in total. The van der Waals surface area contributed by atoms with E-state index in [4.69, 9.17) is 14.2 Å². The van der Waals surface area contributed by atoms with Crippen molar-refractivity contribution in [2.24, 2.45) is 0 Å². The van der Waals surface area contributed by atoms with Gasteiger partial charge in [0.2, 0.25) is 5.91 Å². The van der Waals surface area contributed by atoms with Crippen molar-refractivity contribution >= 4 is 11.9 Å². The van der Waals surface area contributed by atoms with Crippen LogP contribution in [0.4, 0.5) is 0 Å². The Hall–Kier alpha value is -3.68. The van der Waals surface area contributed by atoms with Crippen molar-refractivity contribution in [2.75, 3.05) is 13.2 Å². The van der Waals surface area contributed by atoms with Crippen molar-refractivity contribution in [1.29, 1.82) is 0 Å². The number of amides is 1. The molecular weight excluding hydrogens is 1060 g/mol. The summed E-state index contributed by atoms with van der Waals surface area (Å²) >= 11 is 0. The fourth-order valence-electron chi connectivity index (χ4n) is 10.4. The molecule has 488 valence electrons. The van der Waals surface area contributed by atoms with Crippen LogP contribution < -0.4 is 5.32 Å². The number of esters is 1. The van der Waals surface area contributed by atoms with Gasteiger partial charge in [0.15, 0.2) is 12.4 Å². The summed E-state index contributed by atoms with van der Waals surface area (Å²) in [4.78, 5) is 26.6. The van der Waals surface area contributed by atoms with Crippen LogP contribution in [0.15, 0.2) is 109 Å². The number of carbonyl (C=O) groups is 2. The average Bonchev–Trinajstić information content (AvgIpc) is 3.13. The van der Waals surface area contributed by atoms with Gasteiger partial charge in [-0.2, -0.15) is 0 Å². The Morgan fingerprint density at radius 1 is 0.482 bits per heavy atom. The first-order valence-corrected chi connectivity index (χ1v) is 34.7. The zero-order valence-corrected chi connectivity index (χ0v) is 54.2. The fraction of sp³-hybridized carbons (Fsp3) is 0.730. The lowest BCUT2D eigenvalue weighted by Gasteiger charge is -2.41. The van der Waals surface area contributed by atoms with Gasteiger partial charge in [0.1, 0.15) is 24.4 Å². The highest BCUT2D eigenvalue weighted by atomic mass is 16.7. The van der Waals surface area contributed by atoms with Crippen LogP contribution in [0.2, 0.25) is 0 Å². The van der Waals surface area contributed by atoms with E-state index in [0.717, 1.165) is 70.6 Å². The van der Waals surface area contributed by atoms with E-state index in [1.165, 1.54) is 167 Å². The molecular formula is C74H127NO10. The third-order valence-electron chi connectivity index (χ3n) is 15.8. The number of ether oxygens (including phenoxy) is 3. The largest absolute Gasteiger partial charge is 0.454 e. The maximum Gasteiger partial charge on any atom is 0.306 e. The minimum Gasteiger partial charge on any atom is -0.454 e. The standard InChI is InChI=1S/C74H127NO10/c1-4-7-10-13-16-19-22-25-27-29-30-31-32-33-34-35-36-37-38-39-41-44-47-50-53-56-59-62-69(79)85-72-71(81)70(80)68(63-76)84-74(72)83-64-65(66(77)60-57-54-51-48-45-42-24-21-18-15-12-9-6-3)75-73(82)67(78)61-58-55-52-49-46-43-40-28-26-23-20-17-14-11-8-5-2/h8,11,14,16-17,19-20,23,25-28,40,43,46,49,57,60,65-68,70-72,74,76-78,80-81H,4-7,9-10,12-13,15,18,21-22,24,29-39,41-42,44-45,47-48,50-56,58-59,61-64H2,1-3H3,(H,75,82)/b11-8-,17-14+,19-16-,23-20+,27-25-,28-26-,43-40+,49-46+,60-57+. The summed E-state index contributed by atoms with van der Waals surface area (Å²) in [7, 11) is 0. The van der Waals surface area contributed by atoms with Gasteiger partial charge >= 0.3 is 5.97 Å². The number of hydrogen-bond donors (Lipinski definition) is 6. The molecule has 1 amide bonds. The molecule has 85 heavy (non-hydrogen) atoms. The number of nitrogens with one attached hydrogen (secondary N) is 1. The Kier molecular flexibility index (Phi) is 56.6. The summed E-state index contributed by atoms with van der Waals surface area (Å²) in [5, 5.41) is 57.1. The maximum atomic E-state index is 13.4. The average molecular weight is 1190 g/mol. The zero-order valence-electron chi connectivity index (χ0n) is 54.2. The van der Waals surface area contributed by atoms with E-state index in [1.54, 1.807) is 6.08 Å². The zero-order chi connectivity index (χ0) is 61.7. The van der Waals surface area contributed by atoms with Crippen LogP contribution >= 0.6 is 0 Å². The number of unbranched alkanes of at least 4 members (excludes halogenated alkanes) is 33. The van der Waals surface area contributed by atoms with Crippen LogP contribution in [0.3, 0.4) is 0 Å². The Morgan fingerprint density at radius 2 is 0.894 bits per heavy atom. The molecule has 1 rings (SSSR count). The molecule has 1 aliphatic rings. The second-order valence-electron chi connectivity index (χ2n) is 23.7. The van der Waals surface area contributed by atoms with Gasteiger partial charge in [0.25, 0.3) is 0 Å². The van der Waals surface area contributed by atoms with Crippen molar-refractivity contribution in [1.82, 2.24) is 5.32 Å². The summed E-state index contributed by atoms with van der Waals surface area (Å²) in [6.07, 6.45) is 72.8. The number of carbonyl (C=O) groups excluding carboxylic acids is 2. The van der Waals surface area contributed by atoms with E-state index in [0.29, 0.717) is 12.8 Å². The summed E-state index contributed by atoms with van der Waals surface area (Å²) < 4.78 is 17.7. The van der Waals surface area contributed by atoms with Crippen molar-refractivity contribution in [2.45, 2.75) is 333 Å². The lowest BCUT2D eigenvalue weighted by atomic mass is 9.99. The van der Waals surface area contributed by atoms with E-state index in [1.807, 2.05) is 72.9 Å². The summed E-state index contributed by atoms with van der Waals surface area (Å²) in [5.74, 6) is -1.24. The normalized spacial score (nSPS) is 19.1. The molecule has 1 aliphatic heterocycles. The SMILES string of the molecule is CC\C=C/C=C/C=C/C=C\C=C\C=C\CCCCC(O)C(=O)NC(COC1OC(CO)C(O)C(O)C1OC(=O)CCCCCCCCCCCCCCCCCCC/C=C\C/C=C\CCCCC)C(O)/C=C/CCCCCCCCCCCCC. The summed E-state index contributed by atoms with van der Waals surface area (Å²) in [6, 6.07) is -1.05. The van der Waals surface area contributed by atoms with E-state index >= 15 is 0 Å². The number of rotatable bonds is 58. The number of hydrogen-bond acceptors (Lipinski definition) is 10. The molecule has 1 fully saturated rings. The summed E-state index contributed by atoms with van der Waals surface area (Å²) in [6.45, 7) is 5.61. The number of aliphatic hydroxyl groups is 5. The second-order valence-corrected chi connectivity index (χ2v) is 23.7. The molecule has 1 heterocycles. The first-order valence-electron chi connectivity index (χ1n) is 34.7. The monoisotopic (exact) mass is 1190 g/mol. The molecule has 0 saturated carbocycles. The van der Waals surface area contributed by atoms with Crippen molar-refractivity contribution in [3.63, 3.8) is 0 Å². The van der Waals surface area contributed by atoms with E-state index in [9.17, 15) is 35.1 Å². The van der Waals surface area contributed by atoms with Gasteiger partial charge in [-0.25, -0.2) is 0 Å². The smallest absolute Gasteiger partial charge is 0.306 e. The van der Waals surface area contributed by atoms with Gasteiger partial charge in [0, 0.05) is 6.42 Å². The van der Waals surface area contributed by atoms with Gasteiger partial charge in [-0.15, -0.1) is 0 Å². The lowest BCUT2D eigenvalue weighted by molar-refractivity contribution is -0.305. The van der Waals surface area contributed by atoms with Crippen molar-refractivity contribution < 1.29 is 49.3 Å². The van der Waals surface area contributed by atoms with E-state index in [2.05, 4.69) is 56.5 Å². The molecule has 0 bridgehead atoms. The molecule has 8 unspecified atom stereocenters. The van der Waals surface area contributed by atoms with Gasteiger partial charge in [-0.1, -0.05) is 310 Å². The van der Waals surface area contributed by atoms with Crippen LogP contribution in [0.25, 0.3) is 0 Å². The van der Waals surface area contributed by atoms with Crippen molar-refractivity contribution in [3.8, 4) is 0 Å². The Labute approximate surface area is 519 Å². The van der Waals surface area contributed by atoms with Gasteiger partial charge < -0.3 is 45.1 Å². The Balaban J connectivity index is 2.59. The first-order chi connectivity index (χ1) is 41.7. The van der Waals surface area contributed by atoms with Crippen molar-refractivity contribution in [3.05, 3.63) is 109 Å². The van der Waals surface area contributed by atoms with Gasteiger partial charge in [-0.3, -0.25) is 9.59 Å². The molecule has 0 aromatic carbocycles. The molecule has 1 saturated heterocycles. The summed E-state index contributed by atoms with van der Waals surface area (Å²) in [5.41, 5.74) is 0. The van der Waals surface area contributed by atoms with Crippen LogP contribution in [-0.2, 0) is 23.8 Å². The maximum absolute atomic E-state index is 13.4. The molecule has 11 heteroatoms. The van der Waals surface area contributed by atoms with Gasteiger partial charge in [0.05, 0.1) is 25.4 Å². The molecule has 0 aromatic rings. The Morgan fingerprint density at radius 3 is 1.39 bits per heavy atom. The highest BCUT2D eigenvalue weighted by Gasteiger charge is 2.47. The first kappa shape index (κ1) is 79.3. The highest BCUT2D eigenvalue weighted by Crippen LogP contribution is 2.26. The highest BCUT2D eigenvalue weighted by molar-refractivity contribution is 5.80. The van der Waals surface area contributed by atoms with Crippen LogP contribution in [0.1, 0.15) is 284 Å². The van der Waals surface area contributed by atoms with Gasteiger partial charge in [-0.05, 0) is 77.0 Å². The minimum absolute atomic E-state index is 0.114. The third-order valence-corrected chi connectivity index (χ3v) is 15.8. The number of aliphatic hydroxyl groups excluding tert-OH is 5. The molecule has 6 N–H and O–H groups in total. The van der Waals surface area contributed by atoms with E-state index < -0.39 is 67.4 Å². The predicted octanol–water partition coefficient (Wildman–Crippen LogP) is 17.6. The Bertz CT molecular complexity index is 1800. The fourth-order valence-corrected chi connectivity index (χ4v) is 10.4. The molecule has 0 radical (unpaired) electrons. The second kappa shape index (κ2) is 60.6. The van der Waals surface area contributed by atoms with Crippen LogP contribution in [0, 0.1) is 0 Å².